The summed E-state index contributed by atoms with van der Waals surface area (Å²) in [5, 5.41) is 14.5. The van der Waals surface area contributed by atoms with Crippen LogP contribution in [0.1, 0.15) is 24.0 Å². The molecule has 2 aliphatic rings. The Labute approximate surface area is 219 Å². The van der Waals surface area contributed by atoms with Gasteiger partial charge in [-0.2, -0.15) is 0 Å². The quantitative estimate of drug-likeness (QED) is 0.487. The monoisotopic (exact) mass is 522 g/mol. The van der Waals surface area contributed by atoms with E-state index in [0.717, 1.165) is 27.8 Å². The maximum Gasteiger partial charge on any atom is 0.211 e. The molecule has 1 saturated heterocycles. The number of nitrogens with one attached hydrogen (secondary N) is 1. The maximum absolute atomic E-state index is 11.9. The number of allylic oxidation sites excluding steroid dienone is 3. The van der Waals surface area contributed by atoms with E-state index in [1.165, 1.54) is 10.6 Å². The molecule has 3 heterocycles. The predicted molar refractivity (Wildman–Crippen MR) is 150 cm³/mol. The zero-order valence-corrected chi connectivity index (χ0v) is 22.4. The molecule has 0 spiro atoms. The Bertz CT molecular complexity index is 1360. The summed E-state index contributed by atoms with van der Waals surface area (Å²) in [6.45, 7) is 5.36. The van der Waals surface area contributed by atoms with E-state index in [-0.39, 0.29) is 19.6 Å². The lowest BCUT2D eigenvalue weighted by atomic mass is 9.92. The van der Waals surface area contributed by atoms with Gasteiger partial charge in [-0.25, -0.2) is 22.7 Å². The molecule has 0 unspecified atom stereocenters. The molecule has 9 nitrogen and oxygen atoms in total. The second-order valence-corrected chi connectivity index (χ2v) is 11.7. The fraction of sp³-hybridized carbons (Fsp3) is 0.370. The van der Waals surface area contributed by atoms with Gasteiger partial charge in [-0.1, -0.05) is 36.9 Å². The number of nitrogens with zero attached hydrogens (tertiary/aromatic N) is 5. The van der Waals surface area contributed by atoms with Crippen LogP contribution in [0.15, 0.2) is 60.4 Å². The molecule has 1 fully saturated rings. The molecule has 0 radical (unpaired) electrons. The number of benzene rings is 1. The number of aromatic nitrogens is 2. The first-order valence-electron chi connectivity index (χ1n) is 12.2. The molecule has 1 aromatic heterocycles. The van der Waals surface area contributed by atoms with Crippen molar-refractivity contribution in [3.63, 3.8) is 0 Å². The number of sulfonamides is 1. The van der Waals surface area contributed by atoms with Crippen LogP contribution in [-0.4, -0.2) is 91.0 Å². The minimum absolute atomic E-state index is 0.241. The van der Waals surface area contributed by atoms with Gasteiger partial charge in [0.1, 0.15) is 5.82 Å². The smallest absolute Gasteiger partial charge is 0.211 e. The van der Waals surface area contributed by atoms with Gasteiger partial charge in [0, 0.05) is 69.0 Å². The summed E-state index contributed by atoms with van der Waals surface area (Å²) in [7, 11) is 0.661. The molecule has 0 bridgehead atoms. The first kappa shape index (κ1) is 26.7. The topological polar surface area (TPSA) is 111 Å². The van der Waals surface area contributed by atoms with E-state index in [9.17, 15) is 13.5 Å². The van der Waals surface area contributed by atoms with Crippen LogP contribution in [-0.2, 0) is 10.0 Å². The molecule has 0 saturated carbocycles. The summed E-state index contributed by atoms with van der Waals surface area (Å²) >= 11 is 0. The largest absolute Gasteiger partial charge is 0.388 e. The lowest BCUT2D eigenvalue weighted by Crippen LogP contribution is -2.49. The normalized spacial score (nSPS) is 17.9. The van der Waals surface area contributed by atoms with Gasteiger partial charge in [-0.05, 0) is 30.0 Å². The van der Waals surface area contributed by atoms with Crippen molar-refractivity contribution in [1.82, 2.24) is 19.2 Å². The molecule has 0 aliphatic carbocycles. The van der Waals surface area contributed by atoms with E-state index in [0.29, 0.717) is 31.0 Å². The summed E-state index contributed by atoms with van der Waals surface area (Å²) < 4.78 is 25.1. The van der Waals surface area contributed by atoms with Crippen molar-refractivity contribution in [1.29, 1.82) is 0 Å². The molecule has 10 heteroatoms. The van der Waals surface area contributed by atoms with Crippen LogP contribution < -0.4 is 5.32 Å². The molecule has 0 amide bonds. The lowest BCUT2D eigenvalue weighted by Gasteiger charge is -2.37. The molecular formula is C27H34N6O3S. The van der Waals surface area contributed by atoms with Crippen LogP contribution in [0.5, 0.6) is 0 Å². The third kappa shape index (κ3) is 6.51. The highest BCUT2D eigenvalue weighted by Crippen LogP contribution is 2.29. The fourth-order valence-electron chi connectivity index (χ4n) is 4.42. The number of aliphatic hydroxyl groups is 1. The average molecular weight is 523 g/mol. The molecule has 2 aromatic rings. The molecule has 196 valence electrons. The number of hydrogen-bond donors (Lipinski definition) is 2. The van der Waals surface area contributed by atoms with Crippen LogP contribution in [0.4, 0.5) is 5.82 Å². The highest BCUT2D eigenvalue weighted by atomic mass is 32.2. The number of rotatable bonds is 9. The van der Waals surface area contributed by atoms with Crippen LogP contribution in [0, 0.1) is 0 Å². The molecular weight excluding hydrogens is 488 g/mol. The van der Waals surface area contributed by atoms with E-state index < -0.39 is 15.6 Å². The summed E-state index contributed by atoms with van der Waals surface area (Å²) in [6, 6.07) is 7.97. The fourth-order valence-corrected chi connectivity index (χ4v) is 5.27. The number of anilines is 1. The van der Waals surface area contributed by atoms with Crippen molar-refractivity contribution >= 4 is 33.2 Å². The van der Waals surface area contributed by atoms with Gasteiger partial charge in [0.15, 0.2) is 5.82 Å². The Hall–Kier alpha value is -3.34. The van der Waals surface area contributed by atoms with Crippen molar-refractivity contribution < 1.29 is 13.5 Å². The van der Waals surface area contributed by atoms with Gasteiger partial charge in [0.2, 0.25) is 10.0 Å². The van der Waals surface area contributed by atoms with Crippen molar-refractivity contribution in [2.75, 3.05) is 51.8 Å². The first-order chi connectivity index (χ1) is 17.6. The Morgan fingerprint density at radius 2 is 2.05 bits per heavy atom. The van der Waals surface area contributed by atoms with E-state index in [2.05, 4.69) is 21.9 Å². The Morgan fingerprint density at radius 1 is 1.30 bits per heavy atom. The summed E-state index contributed by atoms with van der Waals surface area (Å²) in [6.07, 6.45) is 11.3. The zero-order chi connectivity index (χ0) is 26.6. The van der Waals surface area contributed by atoms with E-state index >= 15 is 0 Å². The van der Waals surface area contributed by atoms with Crippen LogP contribution in [0.25, 0.3) is 22.5 Å². The van der Waals surface area contributed by atoms with Gasteiger partial charge >= 0.3 is 0 Å². The Kier molecular flexibility index (Phi) is 7.91. The second kappa shape index (κ2) is 11.0. The van der Waals surface area contributed by atoms with Crippen LogP contribution in [0.2, 0.25) is 0 Å². The third-order valence-electron chi connectivity index (χ3n) is 6.53. The lowest BCUT2D eigenvalue weighted by molar-refractivity contribution is 0.00722. The third-order valence-corrected chi connectivity index (χ3v) is 7.83. The van der Waals surface area contributed by atoms with Gasteiger partial charge in [0.25, 0.3) is 0 Å². The minimum Gasteiger partial charge on any atom is -0.388 e. The minimum atomic E-state index is -3.27. The summed E-state index contributed by atoms with van der Waals surface area (Å²) in [5.41, 5.74) is 3.52. The SMILES string of the molecule is C=C/C(=C\N(C)C)c1cccc(-c2ncc(C3=CCN=C3)c(NCC3(O)CCN(S(C)(=O)=O)CC3)n2)c1. The number of aliphatic imine (C=N–C) groups is 1. The predicted octanol–water partition coefficient (Wildman–Crippen LogP) is 2.90. The van der Waals surface area contributed by atoms with Crippen molar-refractivity contribution in [2.24, 2.45) is 4.99 Å². The second-order valence-electron chi connectivity index (χ2n) is 9.68. The molecule has 4 rings (SSSR count). The van der Waals surface area contributed by atoms with Crippen LogP contribution in [0.3, 0.4) is 0 Å². The average Bonchev–Trinajstić information content (AvgIpc) is 3.40. The van der Waals surface area contributed by atoms with Gasteiger partial charge in [0.05, 0.1) is 18.4 Å². The number of hydrogen-bond acceptors (Lipinski definition) is 8. The standard InChI is InChI=1S/C27H34N6O3S/c1-5-20(18-32(2)3)21-7-6-8-22(15-21)25-29-17-24(23-9-12-28-16-23)26(31-25)30-19-27(34)10-13-33(14-11-27)37(4,35)36/h5-9,15-18,34H,1,10-14,19H2,2-4H3,(H,29,30,31)/b20-18+. The van der Waals surface area contributed by atoms with Crippen LogP contribution >= 0.6 is 0 Å². The van der Waals surface area contributed by atoms with Crippen molar-refractivity contribution in [2.45, 2.75) is 18.4 Å². The van der Waals surface area contributed by atoms with Crippen molar-refractivity contribution in [3.05, 3.63) is 66.5 Å². The Morgan fingerprint density at radius 3 is 2.68 bits per heavy atom. The van der Waals surface area contributed by atoms with E-state index in [4.69, 9.17) is 4.98 Å². The maximum atomic E-state index is 11.9. The molecule has 37 heavy (non-hydrogen) atoms. The number of piperidine rings is 1. The van der Waals surface area contributed by atoms with Gasteiger partial charge in [-0.15, -0.1) is 0 Å². The Balaban J connectivity index is 1.62. The summed E-state index contributed by atoms with van der Waals surface area (Å²) in [5.74, 6) is 1.15. The highest BCUT2D eigenvalue weighted by Gasteiger charge is 2.35. The van der Waals surface area contributed by atoms with E-state index in [1.54, 1.807) is 12.4 Å². The highest BCUT2D eigenvalue weighted by molar-refractivity contribution is 7.88. The summed E-state index contributed by atoms with van der Waals surface area (Å²) in [4.78, 5) is 15.8. The molecule has 1 aromatic carbocycles. The van der Waals surface area contributed by atoms with Gasteiger partial charge < -0.3 is 15.3 Å². The molecule has 2 N–H and O–H groups in total. The van der Waals surface area contributed by atoms with Gasteiger partial charge in [-0.3, -0.25) is 4.99 Å². The molecule has 2 aliphatic heterocycles. The van der Waals surface area contributed by atoms with E-state index in [1.807, 2.05) is 61.6 Å². The molecule has 0 atom stereocenters. The zero-order valence-electron chi connectivity index (χ0n) is 21.6. The first-order valence-corrected chi connectivity index (χ1v) is 14.0. The van der Waals surface area contributed by atoms with Crippen molar-refractivity contribution in [3.8, 4) is 11.4 Å².